The van der Waals surface area contributed by atoms with Gasteiger partial charge in [0, 0.05) is 17.3 Å². The van der Waals surface area contributed by atoms with Gasteiger partial charge in [-0.15, -0.1) is 5.10 Å². The second kappa shape index (κ2) is 8.38. The molecule has 34 heavy (non-hydrogen) atoms. The molecule has 2 atom stereocenters. The summed E-state index contributed by atoms with van der Waals surface area (Å²) in [6.07, 6.45) is 6.72. The van der Waals surface area contributed by atoms with Gasteiger partial charge in [0.2, 0.25) is 0 Å². The summed E-state index contributed by atoms with van der Waals surface area (Å²) in [5, 5.41) is 14.2. The first kappa shape index (κ1) is 21.1. The Bertz CT molecular complexity index is 1400. The van der Waals surface area contributed by atoms with Crippen molar-refractivity contribution in [3.8, 4) is 0 Å². The van der Waals surface area contributed by atoms with Crippen LogP contribution < -0.4 is 10.5 Å². The number of aromatic nitrogens is 5. The van der Waals surface area contributed by atoms with Crippen LogP contribution in [0.5, 0.6) is 0 Å². The molecule has 0 saturated heterocycles. The summed E-state index contributed by atoms with van der Waals surface area (Å²) < 4.78 is 2.01. The highest BCUT2D eigenvalue weighted by Gasteiger charge is 2.38. The van der Waals surface area contributed by atoms with Crippen LogP contribution in [-0.4, -0.2) is 31.2 Å². The first-order valence-corrected chi connectivity index (χ1v) is 12.4. The number of hydrogen-bond donors (Lipinski definition) is 1. The molecule has 0 bridgehead atoms. The topological polar surface area (TPSA) is 79.7 Å². The van der Waals surface area contributed by atoms with Gasteiger partial charge in [0.15, 0.2) is 5.82 Å². The van der Waals surface area contributed by atoms with Gasteiger partial charge in [0.1, 0.15) is 6.04 Å². The number of rotatable bonds is 4. The van der Waals surface area contributed by atoms with Crippen LogP contribution in [0.4, 0.5) is 5.69 Å². The number of hydrogen-bond acceptors (Lipinski definition) is 5. The lowest BCUT2D eigenvalue weighted by molar-refractivity contribution is 0.312. The fourth-order valence-electron chi connectivity index (χ4n) is 5.97. The molecule has 1 fully saturated rings. The average molecular weight is 455 g/mol. The molecule has 0 radical (unpaired) electrons. The first-order chi connectivity index (χ1) is 16.6. The van der Waals surface area contributed by atoms with Crippen molar-refractivity contribution in [1.29, 1.82) is 0 Å². The van der Waals surface area contributed by atoms with E-state index in [1.54, 1.807) is 0 Å². The molecule has 0 spiro atoms. The molecule has 3 heterocycles. The summed E-state index contributed by atoms with van der Waals surface area (Å²) in [6, 6.07) is 16.8. The van der Waals surface area contributed by atoms with Gasteiger partial charge in [0.25, 0.3) is 5.56 Å². The van der Waals surface area contributed by atoms with E-state index in [0.29, 0.717) is 5.56 Å². The number of aromatic amines is 1. The molecule has 1 aliphatic heterocycles. The number of fused-ring (bicyclic) bond motifs is 2. The Morgan fingerprint density at radius 2 is 1.88 bits per heavy atom. The Hall–Kier alpha value is -3.48. The van der Waals surface area contributed by atoms with Gasteiger partial charge in [-0.05, 0) is 72.2 Å². The maximum atomic E-state index is 13.6. The average Bonchev–Trinajstić information content (AvgIpc) is 3.46. The number of para-hydroxylation sites is 2. The highest BCUT2D eigenvalue weighted by molar-refractivity contribution is 5.82. The predicted octanol–water partition coefficient (Wildman–Crippen LogP) is 4.87. The number of anilines is 1. The number of nitrogens with zero attached hydrogens (tertiary/aromatic N) is 5. The molecular weight excluding hydrogens is 424 g/mol. The van der Waals surface area contributed by atoms with E-state index in [-0.39, 0.29) is 23.7 Å². The molecule has 7 nitrogen and oxygen atoms in total. The highest BCUT2D eigenvalue weighted by Crippen LogP contribution is 2.41. The second-order valence-electron chi connectivity index (χ2n) is 9.86. The third-order valence-electron chi connectivity index (χ3n) is 7.63. The van der Waals surface area contributed by atoms with Crippen molar-refractivity contribution in [3.05, 3.63) is 81.4 Å². The zero-order chi connectivity index (χ0) is 23.2. The largest absolute Gasteiger partial charge is 0.354 e. The van der Waals surface area contributed by atoms with E-state index in [0.717, 1.165) is 47.2 Å². The zero-order valence-electron chi connectivity index (χ0n) is 19.7. The minimum Gasteiger partial charge on any atom is -0.354 e. The lowest BCUT2D eigenvalue weighted by atomic mass is 9.95. The van der Waals surface area contributed by atoms with Gasteiger partial charge in [-0.2, -0.15) is 0 Å². The maximum absolute atomic E-state index is 13.6. The Morgan fingerprint density at radius 1 is 1.06 bits per heavy atom. The molecule has 7 heteroatoms. The van der Waals surface area contributed by atoms with Crippen LogP contribution in [0, 0.1) is 6.92 Å². The van der Waals surface area contributed by atoms with Crippen molar-refractivity contribution in [2.75, 3.05) is 4.90 Å². The van der Waals surface area contributed by atoms with Crippen molar-refractivity contribution in [3.63, 3.8) is 0 Å². The van der Waals surface area contributed by atoms with Crippen LogP contribution in [0.3, 0.4) is 0 Å². The number of pyridine rings is 1. The number of H-pyrrole nitrogens is 1. The zero-order valence-corrected chi connectivity index (χ0v) is 19.7. The van der Waals surface area contributed by atoms with E-state index in [2.05, 4.69) is 62.7 Å². The van der Waals surface area contributed by atoms with Crippen LogP contribution in [0.1, 0.15) is 73.6 Å². The van der Waals surface area contributed by atoms with Crippen molar-refractivity contribution >= 4 is 16.6 Å². The fourth-order valence-corrected chi connectivity index (χ4v) is 5.97. The Balaban J connectivity index is 1.57. The second-order valence-corrected chi connectivity index (χ2v) is 9.86. The quantitative estimate of drug-likeness (QED) is 0.476. The molecule has 2 aromatic carbocycles. The normalized spacial score (nSPS) is 19.5. The molecule has 0 amide bonds. The lowest BCUT2D eigenvalue weighted by Crippen LogP contribution is -2.39. The summed E-state index contributed by atoms with van der Waals surface area (Å²) in [7, 11) is 0. The van der Waals surface area contributed by atoms with E-state index >= 15 is 0 Å². The van der Waals surface area contributed by atoms with Crippen LogP contribution >= 0.6 is 0 Å². The molecule has 2 aromatic heterocycles. The number of nitrogens with one attached hydrogen (secondary N) is 1. The van der Waals surface area contributed by atoms with Gasteiger partial charge >= 0.3 is 0 Å². The molecule has 1 N–H and O–H groups in total. The van der Waals surface area contributed by atoms with Gasteiger partial charge in [-0.3, -0.25) is 4.79 Å². The molecule has 1 saturated carbocycles. The van der Waals surface area contributed by atoms with Crippen LogP contribution in [0.15, 0.2) is 53.3 Å². The highest BCUT2D eigenvalue weighted by atomic mass is 16.1. The van der Waals surface area contributed by atoms with Crippen molar-refractivity contribution in [1.82, 2.24) is 25.2 Å². The van der Waals surface area contributed by atoms with E-state index in [1.807, 2.05) is 29.8 Å². The van der Waals surface area contributed by atoms with Crippen molar-refractivity contribution in [2.24, 2.45) is 0 Å². The standard InChI is InChI=1S/C27H30N6O/c1-17-9-8-11-20-16-22(27(34)28-24(17)20)25(32-18(2)15-19-10-6-7-14-23(19)32)26-29-30-31-33(26)21-12-4-3-5-13-21/h6-11,14,16,18,21,25H,3-5,12-13,15H2,1-2H3,(H,28,34)/t18-,25-/m1/s1. The first-order valence-electron chi connectivity index (χ1n) is 12.4. The van der Waals surface area contributed by atoms with E-state index in [4.69, 9.17) is 0 Å². The van der Waals surface area contributed by atoms with Gasteiger partial charge in [0.05, 0.1) is 11.6 Å². The predicted molar refractivity (Wildman–Crippen MR) is 133 cm³/mol. The summed E-state index contributed by atoms with van der Waals surface area (Å²) >= 11 is 0. The molecule has 6 rings (SSSR count). The van der Waals surface area contributed by atoms with E-state index in [9.17, 15) is 4.79 Å². The maximum Gasteiger partial charge on any atom is 0.254 e. The molecule has 0 unspecified atom stereocenters. The van der Waals surface area contributed by atoms with E-state index < -0.39 is 0 Å². The van der Waals surface area contributed by atoms with Gasteiger partial charge in [-0.25, -0.2) is 4.68 Å². The number of aryl methyl sites for hydroxylation is 1. The Morgan fingerprint density at radius 3 is 2.74 bits per heavy atom. The summed E-state index contributed by atoms with van der Waals surface area (Å²) in [4.78, 5) is 19.1. The summed E-state index contributed by atoms with van der Waals surface area (Å²) in [5.41, 5.74) is 5.00. The lowest BCUT2D eigenvalue weighted by Gasteiger charge is -2.34. The van der Waals surface area contributed by atoms with Crippen LogP contribution in [-0.2, 0) is 6.42 Å². The third kappa shape index (κ3) is 3.42. The third-order valence-corrected chi connectivity index (χ3v) is 7.63. The molecular formula is C27H30N6O. The minimum atomic E-state index is -0.371. The summed E-state index contributed by atoms with van der Waals surface area (Å²) in [6.45, 7) is 4.25. The summed E-state index contributed by atoms with van der Waals surface area (Å²) in [5.74, 6) is 0.757. The molecule has 4 aromatic rings. The number of benzene rings is 2. The van der Waals surface area contributed by atoms with Crippen molar-refractivity contribution < 1.29 is 0 Å². The smallest absolute Gasteiger partial charge is 0.254 e. The van der Waals surface area contributed by atoms with Crippen LogP contribution in [0.25, 0.3) is 10.9 Å². The van der Waals surface area contributed by atoms with Crippen LogP contribution in [0.2, 0.25) is 0 Å². The monoisotopic (exact) mass is 454 g/mol. The molecule has 2 aliphatic rings. The Kier molecular flexibility index (Phi) is 5.20. The van der Waals surface area contributed by atoms with Crippen molar-refractivity contribution in [2.45, 2.75) is 70.5 Å². The Labute approximate surface area is 198 Å². The van der Waals surface area contributed by atoms with Gasteiger partial charge in [-0.1, -0.05) is 55.7 Å². The number of tetrazole rings is 1. The fraction of sp³-hybridized carbons (Fsp3) is 0.407. The molecule has 174 valence electrons. The van der Waals surface area contributed by atoms with Gasteiger partial charge < -0.3 is 9.88 Å². The minimum absolute atomic E-state index is 0.0819. The SMILES string of the molecule is Cc1cccc2cc([C@H](c3nnnn3C3CCCCC3)N3c4ccccc4C[C@H]3C)c(=O)[nH]c12. The van der Waals surface area contributed by atoms with E-state index in [1.165, 1.54) is 24.8 Å². The molecule has 1 aliphatic carbocycles.